The number of rotatable bonds is 6. The molecule has 0 fully saturated rings. The van der Waals surface area contributed by atoms with E-state index in [-0.39, 0.29) is 17.4 Å². The maximum atomic E-state index is 12.5. The van der Waals surface area contributed by atoms with E-state index in [4.69, 9.17) is 13.9 Å². The highest BCUT2D eigenvalue weighted by atomic mass is 16.6. The average molecular weight is 511 g/mol. The van der Waals surface area contributed by atoms with Gasteiger partial charge in [-0.15, -0.1) is 10.2 Å². The molecule has 10 heteroatoms. The number of nitrogens with zero attached hydrogens (tertiary/aromatic N) is 3. The molecule has 0 aliphatic heterocycles. The van der Waals surface area contributed by atoms with E-state index in [1.807, 2.05) is 25.1 Å². The number of hydrogen-bond acceptors (Lipinski definition) is 8. The van der Waals surface area contributed by atoms with Crippen molar-refractivity contribution < 1.29 is 23.5 Å². The van der Waals surface area contributed by atoms with E-state index in [1.54, 1.807) is 54.7 Å². The van der Waals surface area contributed by atoms with Crippen LogP contribution >= 0.6 is 0 Å². The summed E-state index contributed by atoms with van der Waals surface area (Å²) in [6.45, 7) is 12.6. The molecule has 0 spiro atoms. The molecule has 1 atom stereocenters. The summed E-state index contributed by atoms with van der Waals surface area (Å²) in [6.07, 6.45) is -0.0525. The number of anilines is 1. The van der Waals surface area contributed by atoms with E-state index in [0.29, 0.717) is 23.7 Å². The minimum atomic E-state index is -0.708. The largest absolute Gasteiger partial charge is 0.456 e. The number of esters is 1. The van der Waals surface area contributed by atoms with Gasteiger partial charge in [-0.05, 0) is 65.7 Å². The molecule has 0 bridgehead atoms. The first-order valence-corrected chi connectivity index (χ1v) is 12.0. The van der Waals surface area contributed by atoms with Crippen molar-refractivity contribution >= 4 is 17.7 Å². The average Bonchev–Trinajstić information content (AvgIpc) is 3.24. The highest BCUT2D eigenvalue weighted by Gasteiger charge is 2.23. The number of ether oxygens (including phenoxy) is 2. The van der Waals surface area contributed by atoms with Gasteiger partial charge in [0.15, 0.2) is 0 Å². The third kappa shape index (κ3) is 7.52. The predicted octanol–water partition coefficient (Wildman–Crippen LogP) is 5.08. The van der Waals surface area contributed by atoms with Crippen LogP contribution in [0, 0.1) is 0 Å². The lowest BCUT2D eigenvalue weighted by molar-refractivity contribution is 0.00689. The summed E-state index contributed by atoms with van der Waals surface area (Å²) in [6, 6.07) is 10.1. The van der Waals surface area contributed by atoms with Crippen LogP contribution in [0.25, 0.3) is 11.6 Å². The molecule has 0 saturated carbocycles. The molecule has 2 aromatic heterocycles. The zero-order valence-electron chi connectivity index (χ0n) is 22.5. The monoisotopic (exact) mass is 510 g/mol. The van der Waals surface area contributed by atoms with Crippen LogP contribution < -0.4 is 10.9 Å². The van der Waals surface area contributed by atoms with Crippen LogP contribution in [0.15, 0.2) is 45.6 Å². The molecule has 0 aliphatic carbocycles. The van der Waals surface area contributed by atoms with Gasteiger partial charge in [0.05, 0.1) is 5.56 Å². The van der Waals surface area contributed by atoms with Crippen molar-refractivity contribution in [1.29, 1.82) is 0 Å². The highest BCUT2D eigenvalue weighted by molar-refractivity contribution is 5.90. The third-order valence-electron chi connectivity index (χ3n) is 5.16. The Morgan fingerprint density at radius 3 is 2.32 bits per heavy atom. The summed E-state index contributed by atoms with van der Waals surface area (Å²) in [4.78, 5) is 37.3. The number of carbonyl (C=O) groups is 2. The molecule has 2 heterocycles. The van der Waals surface area contributed by atoms with Crippen molar-refractivity contribution in [3.05, 3.63) is 63.8 Å². The zero-order valence-corrected chi connectivity index (χ0v) is 22.5. The predicted molar refractivity (Wildman–Crippen MR) is 139 cm³/mol. The van der Waals surface area contributed by atoms with E-state index in [1.165, 1.54) is 16.7 Å². The maximum Gasteiger partial charge on any atom is 0.412 e. The molecule has 1 N–H and O–H groups in total. The van der Waals surface area contributed by atoms with Crippen LogP contribution in [0.1, 0.15) is 76.2 Å². The minimum Gasteiger partial charge on any atom is -0.456 e. The van der Waals surface area contributed by atoms with Crippen molar-refractivity contribution in [2.24, 2.45) is 7.05 Å². The lowest BCUT2D eigenvalue weighted by Crippen LogP contribution is -2.27. The fourth-order valence-corrected chi connectivity index (χ4v) is 3.48. The second-order valence-electron chi connectivity index (χ2n) is 10.9. The Balaban J connectivity index is 1.83. The van der Waals surface area contributed by atoms with E-state index in [0.717, 1.165) is 5.56 Å². The van der Waals surface area contributed by atoms with Gasteiger partial charge in [0.1, 0.15) is 16.9 Å². The lowest BCUT2D eigenvalue weighted by Gasteiger charge is -2.20. The Hall–Kier alpha value is -3.95. The maximum absolute atomic E-state index is 12.5. The van der Waals surface area contributed by atoms with Crippen molar-refractivity contribution in [3.63, 3.8) is 0 Å². The van der Waals surface area contributed by atoms with Crippen LogP contribution in [0.3, 0.4) is 0 Å². The topological polar surface area (TPSA) is 126 Å². The summed E-state index contributed by atoms with van der Waals surface area (Å²) in [7, 11) is 1.56. The van der Waals surface area contributed by atoms with Crippen LogP contribution in [0.4, 0.5) is 10.5 Å². The zero-order chi connectivity index (χ0) is 27.5. The smallest absolute Gasteiger partial charge is 0.412 e. The highest BCUT2D eigenvalue weighted by Crippen LogP contribution is 2.27. The summed E-state index contributed by atoms with van der Waals surface area (Å²) in [5.74, 6) is -0.383. The van der Waals surface area contributed by atoms with Crippen molar-refractivity contribution in [2.75, 3.05) is 5.32 Å². The Morgan fingerprint density at radius 2 is 1.68 bits per heavy atom. The summed E-state index contributed by atoms with van der Waals surface area (Å²) in [5.41, 5.74) is 0.145. The normalized spacial score (nSPS) is 12.6. The summed E-state index contributed by atoms with van der Waals surface area (Å²) >= 11 is 0. The number of nitrogens with one attached hydrogen (secondary N) is 1. The first kappa shape index (κ1) is 27.6. The Labute approximate surface area is 216 Å². The molecule has 0 radical (unpaired) electrons. The van der Waals surface area contributed by atoms with E-state index in [9.17, 15) is 14.4 Å². The molecule has 10 nitrogen and oxygen atoms in total. The van der Waals surface area contributed by atoms with E-state index >= 15 is 0 Å². The molecule has 3 aromatic rings. The molecule has 1 aromatic carbocycles. The van der Waals surface area contributed by atoms with Gasteiger partial charge in [-0.1, -0.05) is 25.1 Å². The van der Waals surface area contributed by atoms with Gasteiger partial charge in [-0.25, -0.2) is 9.59 Å². The van der Waals surface area contributed by atoms with Gasteiger partial charge in [0.25, 0.3) is 11.4 Å². The Bertz CT molecular complexity index is 1340. The van der Waals surface area contributed by atoms with Gasteiger partial charge in [0.2, 0.25) is 5.89 Å². The molecular formula is C27H34N4O6. The first-order valence-electron chi connectivity index (χ1n) is 12.0. The van der Waals surface area contributed by atoms with Crippen molar-refractivity contribution in [3.8, 4) is 11.6 Å². The standard InChI is InChI=1S/C27H34N4O6/c1-16(13-17-11-9-10-12-19(17)28-25(34)37-27(5,6)7)22-29-30-23(35-22)20-14-18(15-21(32)31(20)8)24(33)36-26(2,3)4/h9-12,14-16H,13H2,1-8H3,(H,28,34)/t16-/m1/s1. The number of carbonyl (C=O) groups excluding carboxylic acids is 2. The van der Waals surface area contributed by atoms with Crippen LogP contribution in [0.2, 0.25) is 0 Å². The molecular weight excluding hydrogens is 476 g/mol. The van der Waals surface area contributed by atoms with Crippen LogP contribution in [-0.2, 0) is 22.9 Å². The summed E-state index contributed by atoms with van der Waals surface area (Å²) in [5, 5.41) is 11.1. The molecule has 1 amide bonds. The van der Waals surface area contributed by atoms with Gasteiger partial charge >= 0.3 is 12.1 Å². The fraction of sp³-hybridized carbons (Fsp3) is 0.444. The van der Waals surface area contributed by atoms with Gasteiger partial charge in [0, 0.05) is 24.7 Å². The molecule has 3 rings (SSSR count). The number of aromatic nitrogens is 3. The summed E-state index contributed by atoms with van der Waals surface area (Å²) < 4.78 is 18.0. The van der Waals surface area contributed by atoms with Crippen molar-refractivity contribution in [2.45, 2.75) is 72.0 Å². The van der Waals surface area contributed by atoms with E-state index < -0.39 is 28.8 Å². The number of benzene rings is 1. The van der Waals surface area contributed by atoms with Crippen molar-refractivity contribution in [1.82, 2.24) is 14.8 Å². The first-order chi connectivity index (χ1) is 17.1. The number of para-hydroxylation sites is 1. The van der Waals surface area contributed by atoms with Gasteiger partial charge in [-0.3, -0.25) is 10.1 Å². The third-order valence-corrected chi connectivity index (χ3v) is 5.16. The number of amides is 1. The van der Waals surface area contributed by atoms with Gasteiger partial charge in [-0.2, -0.15) is 0 Å². The van der Waals surface area contributed by atoms with Crippen LogP contribution in [-0.4, -0.2) is 38.0 Å². The number of pyridine rings is 1. The second-order valence-corrected chi connectivity index (χ2v) is 10.9. The quantitative estimate of drug-likeness (QED) is 0.455. The molecule has 0 aliphatic rings. The van der Waals surface area contributed by atoms with E-state index in [2.05, 4.69) is 15.5 Å². The molecule has 0 unspecified atom stereocenters. The SMILES string of the molecule is C[C@H](Cc1ccccc1NC(=O)OC(C)(C)C)c1nnc(-c2cc(C(=O)OC(C)(C)C)cc(=O)n2C)o1. The Kier molecular flexibility index (Phi) is 7.90. The molecule has 37 heavy (non-hydrogen) atoms. The molecule has 198 valence electrons. The van der Waals surface area contributed by atoms with Crippen LogP contribution in [0.5, 0.6) is 0 Å². The fourth-order valence-electron chi connectivity index (χ4n) is 3.48. The van der Waals surface area contributed by atoms with Gasteiger partial charge < -0.3 is 18.5 Å². The Morgan fingerprint density at radius 1 is 1.03 bits per heavy atom. The molecule has 0 saturated heterocycles. The minimum absolute atomic E-state index is 0.1000. The lowest BCUT2D eigenvalue weighted by atomic mass is 9.99. The number of hydrogen-bond donors (Lipinski definition) is 1. The second kappa shape index (κ2) is 10.6.